The molecule has 2 aromatic rings. The van der Waals surface area contributed by atoms with E-state index >= 15 is 0 Å². The third kappa shape index (κ3) is 2.78. The number of carbonyl (C=O) groups is 2. The van der Waals surface area contributed by atoms with Gasteiger partial charge < -0.3 is 14.2 Å². The number of amides is 2. The Morgan fingerprint density at radius 2 is 1.46 bits per heavy atom. The number of hydrogen-bond acceptors (Lipinski definition) is 5. The first-order valence-electron chi connectivity index (χ1n) is 7.67. The summed E-state index contributed by atoms with van der Waals surface area (Å²) in [4.78, 5) is 26.6. The lowest BCUT2D eigenvalue weighted by atomic mass is 10.1. The smallest absolute Gasteiger partial charge is 0.277 e. The number of imide groups is 1. The van der Waals surface area contributed by atoms with Crippen LogP contribution in [0.2, 0.25) is 0 Å². The summed E-state index contributed by atoms with van der Waals surface area (Å²) in [5, 5.41) is -0.159. The number of para-hydroxylation sites is 2. The first-order valence-corrected chi connectivity index (χ1v) is 8.05. The summed E-state index contributed by atoms with van der Waals surface area (Å²) in [6.45, 7) is 0. The van der Waals surface area contributed by atoms with Crippen LogP contribution < -0.4 is 19.1 Å². The first-order chi connectivity index (χ1) is 12.5. The largest absolute Gasteiger partial charge is 0.495 e. The molecule has 2 aromatic carbocycles. The van der Waals surface area contributed by atoms with E-state index in [0.717, 1.165) is 4.90 Å². The predicted octanol–water partition coefficient (Wildman–Crippen LogP) is 3.24. The Kier molecular flexibility index (Phi) is 4.86. The molecule has 26 heavy (non-hydrogen) atoms. The van der Waals surface area contributed by atoms with Gasteiger partial charge in [-0.3, -0.25) is 9.59 Å². The first kappa shape index (κ1) is 17.8. The molecule has 3 rings (SSSR count). The number of rotatable bonds is 5. The molecule has 0 saturated heterocycles. The van der Waals surface area contributed by atoms with Gasteiger partial charge in [0, 0.05) is 0 Å². The highest BCUT2D eigenvalue weighted by Crippen LogP contribution is 2.40. The fraction of sp³-hybridized carbons (Fsp3) is 0.158. The zero-order chi connectivity index (χ0) is 18.8. The topological polar surface area (TPSA) is 65.1 Å². The van der Waals surface area contributed by atoms with Crippen LogP contribution >= 0.6 is 11.6 Å². The van der Waals surface area contributed by atoms with Gasteiger partial charge in [-0.25, -0.2) is 4.90 Å². The highest BCUT2D eigenvalue weighted by atomic mass is 35.5. The van der Waals surface area contributed by atoms with Crippen molar-refractivity contribution in [3.63, 3.8) is 0 Å². The molecule has 6 nitrogen and oxygen atoms in total. The van der Waals surface area contributed by atoms with Gasteiger partial charge in [0.15, 0.2) is 11.5 Å². The van der Waals surface area contributed by atoms with Crippen molar-refractivity contribution in [3.05, 3.63) is 53.1 Å². The van der Waals surface area contributed by atoms with Gasteiger partial charge in [-0.2, -0.15) is 0 Å². The Bertz CT molecular complexity index is 922. The molecule has 7 heteroatoms. The zero-order valence-corrected chi connectivity index (χ0v) is 15.2. The van der Waals surface area contributed by atoms with Gasteiger partial charge in [-0.05, 0) is 29.8 Å². The Hall–Kier alpha value is -2.99. The van der Waals surface area contributed by atoms with Crippen molar-refractivity contribution in [1.82, 2.24) is 0 Å². The van der Waals surface area contributed by atoms with Gasteiger partial charge in [-0.15, -0.1) is 0 Å². The van der Waals surface area contributed by atoms with Crippen LogP contribution in [0.15, 0.2) is 47.5 Å². The van der Waals surface area contributed by atoms with E-state index < -0.39 is 11.8 Å². The molecule has 0 unspecified atom stereocenters. The van der Waals surface area contributed by atoms with Gasteiger partial charge >= 0.3 is 0 Å². The number of carbonyl (C=O) groups excluding carboxylic acids is 2. The van der Waals surface area contributed by atoms with Crippen LogP contribution in [-0.2, 0) is 9.59 Å². The Balaban J connectivity index is 2.08. The third-order valence-electron chi connectivity index (χ3n) is 4.03. The van der Waals surface area contributed by atoms with Crippen molar-refractivity contribution in [2.45, 2.75) is 0 Å². The van der Waals surface area contributed by atoms with Crippen LogP contribution in [-0.4, -0.2) is 33.1 Å². The van der Waals surface area contributed by atoms with Crippen molar-refractivity contribution in [3.8, 4) is 17.2 Å². The van der Waals surface area contributed by atoms with E-state index in [-0.39, 0.29) is 10.6 Å². The van der Waals surface area contributed by atoms with Crippen LogP contribution in [0.5, 0.6) is 17.2 Å². The lowest BCUT2D eigenvalue weighted by molar-refractivity contribution is -0.119. The molecule has 1 aliphatic rings. The van der Waals surface area contributed by atoms with Crippen LogP contribution in [0.4, 0.5) is 5.69 Å². The molecule has 2 amide bonds. The molecule has 134 valence electrons. The molecule has 0 aliphatic carbocycles. The van der Waals surface area contributed by atoms with Crippen LogP contribution in [0.1, 0.15) is 5.56 Å². The molecule has 0 N–H and O–H groups in total. The number of benzene rings is 2. The van der Waals surface area contributed by atoms with Crippen molar-refractivity contribution in [2.24, 2.45) is 0 Å². The fourth-order valence-electron chi connectivity index (χ4n) is 2.78. The predicted molar refractivity (Wildman–Crippen MR) is 97.8 cm³/mol. The van der Waals surface area contributed by atoms with E-state index in [1.807, 2.05) is 0 Å². The fourth-order valence-corrected chi connectivity index (χ4v) is 3.05. The summed E-state index contributed by atoms with van der Waals surface area (Å²) in [6, 6.07) is 11.6. The molecule has 0 aromatic heterocycles. The second-order valence-corrected chi connectivity index (χ2v) is 5.75. The van der Waals surface area contributed by atoms with Crippen LogP contribution in [0, 0.1) is 0 Å². The lowest BCUT2D eigenvalue weighted by Crippen LogP contribution is -2.31. The van der Waals surface area contributed by atoms with E-state index in [0.29, 0.717) is 28.5 Å². The molecule has 1 heterocycles. The van der Waals surface area contributed by atoms with Crippen molar-refractivity contribution in [2.75, 3.05) is 26.2 Å². The normalized spacial score (nSPS) is 14.1. The van der Waals surface area contributed by atoms with E-state index in [9.17, 15) is 9.59 Å². The second kappa shape index (κ2) is 7.09. The van der Waals surface area contributed by atoms with Crippen molar-refractivity contribution in [1.29, 1.82) is 0 Å². The number of nitrogens with zero attached hydrogens (tertiary/aromatic N) is 1. The van der Waals surface area contributed by atoms with Gasteiger partial charge in [0.1, 0.15) is 10.8 Å². The molecule has 0 atom stereocenters. The number of hydrogen-bond donors (Lipinski definition) is 0. The minimum absolute atomic E-state index is 0.100. The van der Waals surface area contributed by atoms with E-state index in [1.165, 1.54) is 21.3 Å². The van der Waals surface area contributed by atoms with Gasteiger partial charge in [0.2, 0.25) is 0 Å². The minimum atomic E-state index is -0.606. The monoisotopic (exact) mass is 373 g/mol. The number of methoxy groups -OCH3 is 3. The summed E-state index contributed by atoms with van der Waals surface area (Å²) in [5.74, 6) is 0.194. The number of halogens is 1. The van der Waals surface area contributed by atoms with Gasteiger partial charge in [0.25, 0.3) is 11.8 Å². The van der Waals surface area contributed by atoms with Crippen molar-refractivity contribution >= 4 is 34.7 Å². The molecule has 1 aliphatic heterocycles. The molecular formula is C19H16ClNO5. The Morgan fingerprint density at radius 3 is 2.12 bits per heavy atom. The summed E-state index contributed by atoms with van der Waals surface area (Å²) in [5.41, 5.74) is 0.894. The Morgan fingerprint density at radius 1 is 0.808 bits per heavy atom. The van der Waals surface area contributed by atoms with E-state index in [2.05, 4.69) is 0 Å². The average Bonchev–Trinajstić information content (AvgIpc) is 2.89. The van der Waals surface area contributed by atoms with Gasteiger partial charge in [-0.1, -0.05) is 29.8 Å². The maximum atomic E-state index is 13.0. The van der Waals surface area contributed by atoms with Crippen LogP contribution in [0.25, 0.3) is 5.57 Å². The lowest BCUT2D eigenvalue weighted by Gasteiger charge is -2.18. The van der Waals surface area contributed by atoms with E-state index in [1.54, 1.807) is 42.5 Å². The number of anilines is 1. The number of ether oxygens (including phenoxy) is 3. The summed E-state index contributed by atoms with van der Waals surface area (Å²) in [7, 11) is 4.46. The van der Waals surface area contributed by atoms with Crippen LogP contribution in [0.3, 0.4) is 0 Å². The molecule has 0 saturated carbocycles. The van der Waals surface area contributed by atoms with Crippen molar-refractivity contribution < 1.29 is 23.8 Å². The second-order valence-electron chi connectivity index (χ2n) is 5.38. The average molecular weight is 374 g/mol. The highest BCUT2D eigenvalue weighted by molar-refractivity contribution is 6.60. The maximum absolute atomic E-state index is 13.0. The molecular weight excluding hydrogens is 358 g/mol. The molecule has 0 radical (unpaired) electrons. The SMILES string of the molecule is COc1ccc(C2=C(Cl)C(=O)N(c3ccccc3OC)C2=O)cc1OC. The molecule has 0 fully saturated rings. The summed E-state index contributed by atoms with van der Waals surface area (Å²) >= 11 is 6.22. The van der Waals surface area contributed by atoms with E-state index in [4.69, 9.17) is 25.8 Å². The maximum Gasteiger partial charge on any atom is 0.277 e. The Labute approximate surface area is 155 Å². The van der Waals surface area contributed by atoms with Gasteiger partial charge in [0.05, 0.1) is 32.6 Å². The quantitative estimate of drug-likeness (QED) is 0.753. The summed E-state index contributed by atoms with van der Waals surface area (Å²) in [6.07, 6.45) is 0. The minimum Gasteiger partial charge on any atom is -0.495 e. The standard InChI is InChI=1S/C19H16ClNO5/c1-24-13-7-5-4-6-12(13)21-18(22)16(17(20)19(21)23)11-8-9-14(25-2)15(10-11)26-3/h4-10H,1-3H3. The third-order valence-corrected chi connectivity index (χ3v) is 4.38. The highest BCUT2D eigenvalue weighted by Gasteiger charge is 2.40. The molecule has 0 bridgehead atoms. The summed E-state index contributed by atoms with van der Waals surface area (Å²) < 4.78 is 15.7. The molecule has 0 spiro atoms. The zero-order valence-electron chi connectivity index (χ0n) is 14.4.